The van der Waals surface area contributed by atoms with Crippen LogP contribution in [0.4, 0.5) is 0 Å². The summed E-state index contributed by atoms with van der Waals surface area (Å²) in [7, 11) is -3.65. The van der Waals surface area contributed by atoms with Gasteiger partial charge < -0.3 is 4.74 Å². The van der Waals surface area contributed by atoms with E-state index >= 15 is 0 Å². The number of hydrogen-bond donors (Lipinski definition) is 1. The van der Waals surface area contributed by atoms with Crippen LogP contribution >= 0.6 is 0 Å². The van der Waals surface area contributed by atoms with E-state index in [0.29, 0.717) is 18.3 Å². The molecule has 0 bridgehead atoms. The number of nitrogens with one attached hydrogen (secondary N) is 1. The molecular formula is C20H25NO3S. The third-order valence-electron chi connectivity index (χ3n) is 4.46. The summed E-state index contributed by atoms with van der Waals surface area (Å²) in [4.78, 5) is 0.223. The Kier molecular flexibility index (Phi) is 4.89. The number of sulfonamides is 1. The molecule has 0 heterocycles. The SMILES string of the molecule is Cc1ccc(C(C)(C)NS(=O)(=O)c2cccc(OCC3CC3)c2)cc1. The maximum absolute atomic E-state index is 12.8. The van der Waals surface area contributed by atoms with Gasteiger partial charge >= 0.3 is 0 Å². The molecule has 2 aromatic carbocycles. The highest BCUT2D eigenvalue weighted by molar-refractivity contribution is 7.89. The molecule has 2 aromatic rings. The normalized spacial score (nSPS) is 15.2. The Hall–Kier alpha value is -1.85. The van der Waals surface area contributed by atoms with Crippen LogP contribution in [-0.2, 0) is 15.6 Å². The van der Waals surface area contributed by atoms with Crippen LogP contribution in [0.2, 0.25) is 0 Å². The predicted molar refractivity (Wildman–Crippen MR) is 99.2 cm³/mol. The number of rotatable bonds is 7. The molecule has 3 rings (SSSR count). The Balaban J connectivity index is 1.78. The zero-order valence-corrected chi connectivity index (χ0v) is 15.8. The van der Waals surface area contributed by atoms with E-state index in [9.17, 15) is 8.42 Å². The van der Waals surface area contributed by atoms with Gasteiger partial charge in [0.2, 0.25) is 10.0 Å². The van der Waals surface area contributed by atoms with Gasteiger partial charge in [0.25, 0.3) is 0 Å². The molecular weight excluding hydrogens is 334 g/mol. The van der Waals surface area contributed by atoms with Crippen molar-refractivity contribution in [1.29, 1.82) is 0 Å². The molecule has 0 amide bonds. The molecule has 0 aromatic heterocycles. The Bertz CT molecular complexity index is 837. The number of benzene rings is 2. The molecule has 4 nitrogen and oxygen atoms in total. The van der Waals surface area contributed by atoms with E-state index in [4.69, 9.17) is 4.74 Å². The zero-order chi connectivity index (χ0) is 18.1. The first-order valence-corrected chi connectivity index (χ1v) is 10.1. The van der Waals surface area contributed by atoms with Crippen molar-refractivity contribution in [2.75, 3.05) is 6.61 Å². The van der Waals surface area contributed by atoms with Gasteiger partial charge in [0, 0.05) is 6.07 Å². The van der Waals surface area contributed by atoms with Crippen LogP contribution in [0.3, 0.4) is 0 Å². The van der Waals surface area contributed by atoms with Crippen molar-refractivity contribution in [3.8, 4) is 5.75 Å². The topological polar surface area (TPSA) is 55.4 Å². The number of ether oxygens (including phenoxy) is 1. The summed E-state index contributed by atoms with van der Waals surface area (Å²) in [6, 6.07) is 14.6. The Morgan fingerprint density at radius 3 is 2.44 bits per heavy atom. The average molecular weight is 359 g/mol. The molecule has 1 saturated carbocycles. The van der Waals surface area contributed by atoms with Crippen molar-refractivity contribution in [3.05, 3.63) is 59.7 Å². The van der Waals surface area contributed by atoms with E-state index in [2.05, 4.69) is 4.72 Å². The Morgan fingerprint density at radius 1 is 1.12 bits per heavy atom. The minimum absolute atomic E-state index is 0.223. The lowest BCUT2D eigenvalue weighted by Crippen LogP contribution is -2.40. The average Bonchev–Trinajstić information content (AvgIpc) is 3.37. The maximum Gasteiger partial charge on any atom is 0.241 e. The quantitative estimate of drug-likeness (QED) is 0.813. The molecule has 1 N–H and O–H groups in total. The van der Waals surface area contributed by atoms with Crippen molar-refractivity contribution in [2.45, 2.75) is 44.0 Å². The molecule has 0 radical (unpaired) electrons. The van der Waals surface area contributed by atoms with E-state index in [0.717, 1.165) is 11.1 Å². The monoisotopic (exact) mass is 359 g/mol. The van der Waals surface area contributed by atoms with Crippen LogP contribution in [0, 0.1) is 12.8 Å². The summed E-state index contributed by atoms with van der Waals surface area (Å²) in [6.45, 7) is 6.39. The van der Waals surface area contributed by atoms with Crippen LogP contribution in [0.5, 0.6) is 5.75 Å². The summed E-state index contributed by atoms with van der Waals surface area (Å²) in [6.07, 6.45) is 2.40. The van der Waals surface area contributed by atoms with Crippen LogP contribution in [0.25, 0.3) is 0 Å². The lowest BCUT2D eigenvalue weighted by Gasteiger charge is -2.27. The second-order valence-corrected chi connectivity index (χ2v) is 9.01. The molecule has 1 aliphatic carbocycles. The summed E-state index contributed by atoms with van der Waals surface area (Å²) >= 11 is 0. The first kappa shape index (κ1) is 18.0. The molecule has 25 heavy (non-hydrogen) atoms. The van der Waals surface area contributed by atoms with E-state index < -0.39 is 15.6 Å². The van der Waals surface area contributed by atoms with Crippen molar-refractivity contribution in [3.63, 3.8) is 0 Å². The van der Waals surface area contributed by atoms with Gasteiger partial charge in [-0.25, -0.2) is 13.1 Å². The van der Waals surface area contributed by atoms with E-state index in [-0.39, 0.29) is 4.90 Å². The first-order valence-electron chi connectivity index (χ1n) is 8.60. The number of hydrogen-bond acceptors (Lipinski definition) is 3. The molecule has 1 fully saturated rings. The summed E-state index contributed by atoms with van der Waals surface area (Å²) in [5, 5.41) is 0. The van der Waals surface area contributed by atoms with Gasteiger partial charge in [-0.3, -0.25) is 0 Å². The third-order valence-corrected chi connectivity index (χ3v) is 6.11. The maximum atomic E-state index is 12.8. The van der Waals surface area contributed by atoms with Crippen LogP contribution in [0.15, 0.2) is 53.4 Å². The van der Waals surface area contributed by atoms with Gasteiger partial charge in [-0.15, -0.1) is 0 Å². The molecule has 0 aliphatic heterocycles. The molecule has 0 spiro atoms. The van der Waals surface area contributed by atoms with Gasteiger partial charge in [-0.2, -0.15) is 0 Å². The summed E-state index contributed by atoms with van der Waals surface area (Å²) in [5.74, 6) is 1.22. The van der Waals surface area contributed by atoms with Crippen molar-refractivity contribution in [2.24, 2.45) is 5.92 Å². The second kappa shape index (κ2) is 6.81. The standard InChI is InChI=1S/C20H25NO3S/c1-15-7-11-17(12-8-15)20(2,3)21-25(22,23)19-6-4-5-18(13-19)24-14-16-9-10-16/h4-8,11-13,16,21H,9-10,14H2,1-3H3. The van der Waals surface area contributed by atoms with Gasteiger partial charge in [0.1, 0.15) is 5.75 Å². The molecule has 0 saturated heterocycles. The van der Waals surface area contributed by atoms with Crippen LogP contribution < -0.4 is 9.46 Å². The van der Waals surface area contributed by atoms with E-state index in [1.807, 2.05) is 45.0 Å². The number of aryl methyl sites for hydroxylation is 1. The molecule has 0 unspecified atom stereocenters. The molecule has 5 heteroatoms. The minimum Gasteiger partial charge on any atom is -0.493 e. The fourth-order valence-electron chi connectivity index (χ4n) is 2.65. The highest BCUT2D eigenvalue weighted by Gasteiger charge is 2.28. The van der Waals surface area contributed by atoms with Crippen molar-refractivity contribution >= 4 is 10.0 Å². The summed E-state index contributed by atoms with van der Waals surface area (Å²) < 4.78 is 34.2. The van der Waals surface area contributed by atoms with Crippen molar-refractivity contribution < 1.29 is 13.2 Å². The van der Waals surface area contributed by atoms with Gasteiger partial charge in [0.15, 0.2) is 0 Å². The molecule has 1 aliphatic rings. The second-order valence-electron chi connectivity index (χ2n) is 7.33. The third kappa shape index (κ3) is 4.61. The first-order chi connectivity index (χ1) is 11.8. The lowest BCUT2D eigenvalue weighted by atomic mass is 9.95. The van der Waals surface area contributed by atoms with E-state index in [1.54, 1.807) is 24.3 Å². The van der Waals surface area contributed by atoms with E-state index in [1.165, 1.54) is 12.8 Å². The van der Waals surface area contributed by atoms with Crippen molar-refractivity contribution in [1.82, 2.24) is 4.72 Å². The van der Waals surface area contributed by atoms with Crippen LogP contribution in [0.1, 0.15) is 37.8 Å². The predicted octanol–water partition coefficient (Wildman–Crippen LogP) is 4.00. The smallest absolute Gasteiger partial charge is 0.241 e. The highest BCUT2D eigenvalue weighted by atomic mass is 32.2. The van der Waals surface area contributed by atoms with Crippen LogP contribution in [-0.4, -0.2) is 15.0 Å². The largest absolute Gasteiger partial charge is 0.493 e. The van der Waals surface area contributed by atoms with Gasteiger partial charge in [-0.05, 0) is 57.2 Å². The van der Waals surface area contributed by atoms with Gasteiger partial charge in [0.05, 0.1) is 17.0 Å². The highest BCUT2D eigenvalue weighted by Crippen LogP contribution is 2.30. The Labute approximate surface area is 150 Å². The Morgan fingerprint density at radius 2 is 1.80 bits per heavy atom. The lowest BCUT2D eigenvalue weighted by molar-refractivity contribution is 0.299. The zero-order valence-electron chi connectivity index (χ0n) is 15.0. The summed E-state index contributed by atoms with van der Waals surface area (Å²) in [5.41, 5.74) is 1.35. The fourth-order valence-corrected chi connectivity index (χ4v) is 4.09. The van der Waals surface area contributed by atoms with Gasteiger partial charge in [-0.1, -0.05) is 35.9 Å². The fraction of sp³-hybridized carbons (Fsp3) is 0.400. The minimum atomic E-state index is -3.65. The molecule has 134 valence electrons. The molecule has 0 atom stereocenters.